The summed E-state index contributed by atoms with van der Waals surface area (Å²) >= 11 is 0. The van der Waals surface area contributed by atoms with Crippen LogP contribution in [0.5, 0.6) is 0 Å². The number of carbonyl (C=O) groups is 1. The van der Waals surface area contributed by atoms with E-state index in [4.69, 9.17) is 0 Å². The first kappa shape index (κ1) is 11.7. The van der Waals surface area contributed by atoms with Crippen molar-refractivity contribution in [3.63, 3.8) is 0 Å². The van der Waals surface area contributed by atoms with Crippen LogP contribution in [-0.4, -0.2) is 11.0 Å². The van der Waals surface area contributed by atoms with E-state index < -0.39 is 6.10 Å². The van der Waals surface area contributed by atoms with Gasteiger partial charge in [0.2, 0.25) is 5.91 Å². The molecular weight excluding hydrogens is 226 g/mol. The molecule has 3 atom stereocenters. The highest BCUT2D eigenvalue weighted by atomic mass is 16.3. The van der Waals surface area contributed by atoms with Crippen molar-refractivity contribution in [1.82, 2.24) is 0 Å². The number of aliphatic hydroxyl groups is 1. The largest absolute Gasteiger partial charge is 0.389 e. The lowest BCUT2D eigenvalue weighted by Gasteiger charge is -2.08. The third kappa shape index (κ3) is 2.03. The van der Waals surface area contributed by atoms with Crippen LogP contribution in [0, 0.1) is 17.8 Å². The van der Waals surface area contributed by atoms with Gasteiger partial charge in [-0.1, -0.05) is 18.6 Å². The zero-order chi connectivity index (χ0) is 12.7. The molecule has 1 aromatic carbocycles. The van der Waals surface area contributed by atoms with Gasteiger partial charge in [0.1, 0.15) is 0 Å². The molecule has 3 nitrogen and oxygen atoms in total. The highest BCUT2D eigenvalue weighted by Gasteiger charge is 2.56. The summed E-state index contributed by atoms with van der Waals surface area (Å²) in [5.41, 5.74) is 1.70. The van der Waals surface area contributed by atoms with E-state index in [2.05, 4.69) is 5.32 Å². The number of benzene rings is 1. The van der Waals surface area contributed by atoms with Gasteiger partial charge in [-0.15, -0.1) is 0 Å². The fourth-order valence-corrected chi connectivity index (χ4v) is 3.28. The Morgan fingerprint density at radius 1 is 1.28 bits per heavy atom. The number of rotatable bonds is 3. The fourth-order valence-electron chi connectivity index (χ4n) is 3.28. The van der Waals surface area contributed by atoms with Gasteiger partial charge >= 0.3 is 0 Å². The van der Waals surface area contributed by atoms with Crippen molar-refractivity contribution in [3.8, 4) is 0 Å². The lowest BCUT2D eigenvalue weighted by atomic mass is 10.1. The number of fused-ring (bicyclic) bond motifs is 1. The zero-order valence-corrected chi connectivity index (χ0v) is 10.6. The Labute approximate surface area is 107 Å². The number of nitrogens with one attached hydrogen (secondary N) is 1. The standard InChI is InChI=1S/C15H19NO2/c1-9(17)10-5-7-11(8-6-10)16-15(18)14-12-3-2-4-13(12)14/h5-9,12-14,17H,2-4H2,1H3,(H,16,18). The van der Waals surface area contributed by atoms with Gasteiger partial charge < -0.3 is 10.4 Å². The van der Waals surface area contributed by atoms with Crippen molar-refractivity contribution in [2.75, 3.05) is 5.32 Å². The maximum Gasteiger partial charge on any atom is 0.228 e. The van der Waals surface area contributed by atoms with E-state index >= 15 is 0 Å². The Morgan fingerprint density at radius 2 is 1.89 bits per heavy atom. The average Bonchev–Trinajstić information content (AvgIpc) is 2.84. The third-order valence-electron chi connectivity index (χ3n) is 4.37. The maximum atomic E-state index is 12.0. The highest BCUT2D eigenvalue weighted by molar-refractivity contribution is 5.95. The molecule has 2 N–H and O–H groups in total. The number of aliphatic hydroxyl groups excluding tert-OH is 1. The smallest absolute Gasteiger partial charge is 0.228 e. The van der Waals surface area contributed by atoms with Crippen molar-refractivity contribution < 1.29 is 9.90 Å². The highest BCUT2D eigenvalue weighted by Crippen LogP contribution is 2.57. The van der Waals surface area contributed by atoms with Gasteiger partial charge in [-0.3, -0.25) is 4.79 Å². The molecule has 0 radical (unpaired) electrons. The molecule has 1 amide bonds. The Kier molecular flexibility index (Phi) is 2.86. The number of anilines is 1. The molecule has 0 heterocycles. The topological polar surface area (TPSA) is 49.3 Å². The number of hydrogen-bond donors (Lipinski definition) is 2. The van der Waals surface area contributed by atoms with Crippen LogP contribution in [0.4, 0.5) is 5.69 Å². The van der Waals surface area contributed by atoms with E-state index in [9.17, 15) is 9.90 Å². The molecule has 0 saturated heterocycles. The number of carbonyl (C=O) groups excluding carboxylic acids is 1. The SMILES string of the molecule is CC(O)c1ccc(NC(=O)C2C3CCCC32)cc1. The minimum absolute atomic E-state index is 0.175. The summed E-state index contributed by atoms with van der Waals surface area (Å²) < 4.78 is 0. The summed E-state index contributed by atoms with van der Waals surface area (Å²) in [6.45, 7) is 1.74. The normalized spacial score (nSPS) is 30.7. The molecule has 0 aliphatic heterocycles. The van der Waals surface area contributed by atoms with Crippen LogP contribution in [0.3, 0.4) is 0 Å². The van der Waals surface area contributed by atoms with E-state index in [1.54, 1.807) is 6.92 Å². The first-order valence-electron chi connectivity index (χ1n) is 6.75. The van der Waals surface area contributed by atoms with Crippen molar-refractivity contribution in [3.05, 3.63) is 29.8 Å². The molecule has 2 aliphatic carbocycles. The summed E-state index contributed by atoms with van der Waals surface area (Å²) in [6.07, 6.45) is 3.29. The van der Waals surface area contributed by atoms with E-state index in [0.717, 1.165) is 11.3 Å². The molecule has 18 heavy (non-hydrogen) atoms. The van der Waals surface area contributed by atoms with Crippen LogP contribution < -0.4 is 5.32 Å². The quantitative estimate of drug-likeness (QED) is 0.860. The van der Waals surface area contributed by atoms with Crippen molar-refractivity contribution in [1.29, 1.82) is 0 Å². The molecule has 3 unspecified atom stereocenters. The summed E-state index contributed by atoms with van der Waals surface area (Å²) in [5, 5.41) is 12.4. The van der Waals surface area contributed by atoms with E-state index in [1.807, 2.05) is 24.3 Å². The fraction of sp³-hybridized carbons (Fsp3) is 0.533. The number of hydrogen-bond acceptors (Lipinski definition) is 2. The van der Waals surface area contributed by atoms with Crippen LogP contribution in [0.25, 0.3) is 0 Å². The summed E-state index contributed by atoms with van der Waals surface area (Å²) in [6, 6.07) is 7.43. The lowest BCUT2D eigenvalue weighted by Crippen LogP contribution is -2.16. The maximum absolute atomic E-state index is 12.0. The van der Waals surface area contributed by atoms with Gasteiger partial charge in [0.05, 0.1) is 6.10 Å². The Hall–Kier alpha value is -1.35. The molecule has 2 aliphatic rings. The van der Waals surface area contributed by atoms with Crippen LogP contribution in [0.1, 0.15) is 37.9 Å². The Balaban J connectivity index is 1.61. The van der Waals surface area contributed by atoms with Gasteiger partial charge in [-0.2, -0.15) is 0 Å². The molecule has 3 rings (SSSR count). The monoisotopic (exact) mass is 245 g/mol. The van der Waals surface area contributed by atoms with Crippen molar-refractivity contribution >= 4 is 11.6 Å². The van der Waals surface area contributed by atoms with Crippen molar-refractivity contribution in [2.45, 2.75) is 32.3 Å². The molecular formula is C15H19NO2. The van der Waals surface area contributed by atoms with Crippen LogP contribution in [0.2, 0.25) is 0 Å². The van der Waals surface area contributed by atoms with Gasteiger partial charge in [-0.25, -0.2) is 0 Å². The first-order chi connectivity index (χ1) is 8.66. The van der Waals surface area contributed by atoms with Crippen LogP contribution in [-0.2, 0) is 4.79 Å². The summed E-state index contributed by atoms with van der Waals surface area (Å²) in [7, 11) is 0. The third-order valence-corrected chi connectivity index (χ3v) is 4.37. The number of amides is 1. The van der Waals surface area contributed by atoms with Crippen LogP contribution >= 0.6 is 0 Å². The summed E-state index contributed by atoms with van der Waals surface area (Å²) in [5.74, 6) is 1.74. The van der Waals surface area contributed by atoms with Gasteiger partial charge in [-0.05, 0) is 49.3 Å². The second-order valence-electron chi connectivity index (χ2n) is 5.57. The van der Waals surface area contributed by atoms with Crippen LogP contribution in [0.15, 0.2) is 24.3 Å². The summed E-state index contributed by atoms with van der Waals surface area (Å²) in [4.78, 5) is 12.0. The predicted octanol–water partition coefficient (Wildman–Crippen LogP) is 2.72. The Bertz CT molecular complexity index is 442. The minimum Gasteiger partial charge on any atom is -0.389 e. The minimum atomic E-state index is -0.461. The molecule has 3 heteroatoms. The van der Waals surface area contributed by atoms with E-state index in [0.29, 0.717) is 11.8 Å². The second-order valence-corrected chi connectivity index (χ2v) is 5.57. The second kappa shape index (κ2) is 4.39. The van der Waals surface area contributed by atoms with E-state index in [1.165, 1.54) is 19.3 Å². The Morgan fingerprint density at radius 3 is 2.44 bits per heavy atom. The molecule has 0 bridgehead atoms. The lowest BCUT2D eigenvalue weighted by molar-refractivity contribution is -0.118. The predicted molar refractivity (Wildman–Crippen MR) is 70.0 cm³/mol. The van der Waals surface area contributed by atoms with Gasteiger partial charge in [0.15, 0.2) is 0 Å². The molecule has 2 fully saturated rings. The molecule has 0 spiro atoms. The van der Waals surface area contributed by atoms with Gasteiger partial charge in [0.25, 0.3) is 0 Å². The van der Waals surface area contributed by atoms with E-state index in [-0.39, 0.29) is 11.8 Å². The molecule has 1 aromatic rings. The first-order valence-corrected chi connectivity index (χ1v) is 6.75. The molecule has 2 saturated carbocycles. The average molecular weight is 245 g/mol. The zero-order valence-electron chi connectivity index (χ0n) is 10.6. The van der Waals surface area contributed by atoms with Gasteiger partial charge in [0, 0.05) is 11.6 Å². The molecule has 96 valence electrons. The molecule has 0 aromatic heterocycles. The van der Waals surface area contributed by atoms with Crippen molar-refractivity contribution in [2.24, 2.45) is 17.8 Å².